The van der Waals surface area contributed by atoms with Gasteiger partial charge in [-0.15, -0.1) is 0 Å². The molecule has 7 heavy (non-hydrogen) atoms. The molecule has 0 aliphatic heterocycles. The van der Waals surface area contributed by atoms with E-state index in [0.717, 1.165) is 0 Å². The second-order valence-electron chi connectivity index (χ2n) is 0.832. The van der Waals surface area contributed by atoms with Crippen LogP contribution in [0.2, 0.25) is 0 Å². The number of halogens is 1. The summed E-state index contributed by atoms with van der Waals surface area (Å²) in [7, 11) is 0. The molecule has 0 fully saturated rings. The molecule has 0 aliphatic rings. The van der Waals surface area contributed by atoms with Gasteiger partial charge in [0.15, 0.2) is 0 Å². The highest BCUT2D eigenvalue weighted by atomic mass is 32.2. The molecule has 0 heterocycles. The van der Waals surface area contributed by atoms with Gasteiger partial charge < -0.3 is 4.55 Å². The van der Waals surface area contributed by atoms with Crippen molar-refractivity contribution in [3.63, 3.8) is 0 Å². The highest BCUT2D eigenvalue weighted by Gasteiger charge is 1.77. The van der Waals surface area contributed by atoms with Crippen molar-refractivity contribution in [3.8, 4) is 0 Å². The van der Waals surface area contributed by atoms with Crippen LogP contribution in [0.4, 0.5) is 4.39 Å². The van der Waals surface area contributed by atoms with Crippen LogP contribution in [0.5, 0.6) is 0 Å². The summed E-state index contributed by atoms with van der Waals surface area (Å²) >= 11 is -2.17. The Kier molecular flexibility index (Phi) is 4.17. The van der Waals surface area contributed by atoms with E-state index in [1.54, 1.807) is 0 Å². The molecule has 1 unspecified atom stereocenters. The SMILES string of the molecule is O=S([O-])CNCF. The number of nitrogens with one attached hydrogen (secondary N) is 1. The highest BCUT2D eigenvalue weighted by molar-refractivity contribution is 7.79. The number of alkyl halides is 1. The van der Waals surface area contributed by atoms with E-state index in [0.29, 0.717) is 0 Å². The monoisotopic (exact) mass is 126 g/mol. The van der Waals surface area contributed by atoms with Gasteiger partial charge in [-0.2, -0.15) is 0 Å². The third kappa shape index (κ3) is 6.00. The predicted octanol–water partition coefficient (Wildman–Crippen LogP) is -0.660. The Labute approximate surface area is 43.2 Å². The first kappa shape index (κ1) is 7.00. The maximum Gasteiger partial charge on any atom is 0.141 e. The van der Waals surface area contributed by atoms with Crippen LogP contribution in [0.1, 0.15) is 0 Å². The third-order valence-electron chi connectivity index (χ3n) is 0.314. The fourth-order valence-electron chi connectivity index (χ4n) is 0.122. The summed E-state index contributed by atoms with van der Waals surface area (Å²) < 4.78 is 30.0. The Morgan fingerprint density at radius 3 is 2.57 bits per heavy atom. The van der Waals surface area contributed by atoms with Crippen molar-refractivity contribution >= 4 is 11.1 Å². The van der Waals surface area contributed by atoms with Crippen LogP contribution in [0.25, 0.3) is 0 Å². The summed E-state index contributed by atoms with van der Waals surface area (Å²) in [5.74, 6) is -0.309. The van der Waals surface area contributed by atoms with E-state index in [4.69, 9.17) is 0 Å². The second-order valence-corrected chi connectivity index (χ2v) is 1.73. The molecule has 0 saturated carbocycles. The van der Waals surface area contributed by atoms with Crippen molar-refractivity contribution in [2.75, 3.05) is 12.7 Å². The maximum atomic E-state index is 11.0. The van der Waals surface area contributed by atoms with Crippen LogP contribution in [-0.2, 0) is 11.1 Å². The molecule has 0 aromatic rings. The van der Waals surface area contributed by atoms with Gasteiger partial charge in [-0.1, -0.05) is 0 Å². The fraction of sp³-hybridized carbons (Fsp3) is 1.00. The molecule has 0 bridgehead atoms. The van der Waals surface area contributed by atoms with Crippen LogP contribution >= 0.6 is 0 Å². The molecule has 1 N–H and O–H groups in total. The summed E-state index contributed by atoms with van der Waals surface area (Å²) in [4.78, 5) is 0. The number of hydrogen-bond donors (Lipinski definition) is 1. The second kappa shape index (κ2) is 4.17. The van der Waals surface area contributed by atoms with E-state index in [1.165, 1.54) is 0 Å². The van der Waals surface area contributed by atoms with Crippen molar-refractivity contribution in [1.29, 1.82) is 0 Å². The Balaban J connectivity index is 2.82. The van der Waals surface area contributed by atoms with Crippen molar-refractivity contribution < 1.29 is 13.2 Å². The first-order valence-corrected chi connectivity index (χ1v) is 2.84. The van der Waals surface area contributed by atoms with E-state index in [-0.39, 0.29) is 5.88 Å². The number of hydrogen-bond acceptors (Lipinski definition) is 3. The van der Waals surface area contributed by atoms with E-state index >= 15 is 0 Å². The van der Waals surface area contributed by atoms with Gasteiger partial charge in [0.25, 0.3) is 0 Å². The molecule has 0 radical (unpaired) electrons. The lowest BCUT2D eigenvalue weighted by atomic mass is 11.2. The molecule has 0 aromatic carbocycles. The average Bonchev–Trinajstić information content (AvgIpc) is 1.61. The minimum Gasteiger partial charge on any atom is -0.771 e. The van der Waals surface area contributed by atoms with Crippen LogP contribution in [0, 0.1) is 0 Å². The van der Waals surface area contributed by atoms with E-state index in [2.05, 4.69) is 0 Å². The van der Waals surface area contributed by atoms with Gasteiger partial charge in [0.05, 0.1) is 5.88 Å². The summed E-state index contributed by atoms with van der Waals surface area (Å²) in [6.45, 7) is -0.798. The molecule has 0 aliphatic carbocycles. The zero-order chi connectivity index (χ0) is 5.70. The number of rotatable bonds is 3. The van der Waals surface area contributed by atoms with Crippen LogP contribution in [-0.4, -0.2) is 21.4 Å². The van der Waals surface area contributed by atoms with Gasteiger partial charge in [0.1, 0.15) is 6.80 Å². The molecular formula is C2H5FNO2S-. The Hall–Kier alpha value is -0.0000000000000000555. The molecular weight excluding hydrogens is 121 g/mol. The summed E-state index contributed by atoms with van der Waals surface area (Å²) in [6, 6.07) is 0. The van der Waals surface area contributed by atoms with Gasteiger partial charge in [0.2, 0.25) is 0 Å². The molecule has 0 amide bonds. The minimum atomic E-state index is -2.17. The summed E-state index contributed by atoms with van der Waals surface area (Å²) in [5, 5.41) is 1.97. The van der Waals surface area contributed by atoms with E-state index in [9.17, 15) is 13.2 Å². The van der Waals surface area contributed by atoms with Gasteiger partial charge in [-0.05, 0) is 11.1 Å². The average molecular weight is 126 g/mol. The van der Waals surface area contributed by atoms with E-state index < -0.39 is 17.9 Å². The molecule has 0 aromatic heterocycles. The first-order valence-electron chi connectivity index (χ1n) is 1.60. The predicted molar refractivity (Wildman–Crippen MR) is 22.9 cm³/mol. The minimum absolute atomic E-state index is 0.309. The van der Waals surface area contributed by atoms with Gasteiger partial charge in [0, 0.05) is 0 Å². The molecule has 1 atom stereocenters. The van der Waals surface area contributed by atoms with Crippen molar-refractivity contribution in [1.82, 2.24) is 5.32 Å². The van der Waals surface area contributed by atoms with Crippen LogP contribution < -0.4 is 5.32 Å². The Bertz CT molecular complexity index is 68.7. The van der Waals surface area contributed by atoms with Gasteiger partial charge in [-0.3, -0.25) is 9.53 Å². The van der Waals surface area contributed by atoms with Gasteiger partial charge >= 0.3 is 0 Å². The topological polar surface area (TPSA) is 52.2 Å². The standard InChI is InChI=1S/C2H6FNO2S/c3-1-4-2-7(5)6/h4H,1-2H2,(H,5,6)/p-1. The van der Waals surface area contributed by atoms with Crippen LogP contribution in [0.3, 0.4) is 0 Å². The first-order chi connectivity index (χ1) is 3.27. The smallest absolute Gasteiger partial charge is 0.141 e. The normalized spacial score (nSPS) is 14.0. The quantitative estimate of drug-likeness (QED) is 0.403. The van der Waals surface area contributed by atoms with Crippen molar-refractivity contribution in [2.24, 2.45) is 0 Å². The molecule has 0 rings (SSSR count). The maximum absolute atomic E-state index is 11.0. The van der Waals surface area contributed by atoms with Crippen LogP contribution in [0.15, 0.2) is 0 Å². The fourth-order valence-corrected chi connectivity index (χ4v) is 0.366. The lowest BCUT2D eigenvalue weighted by Crippen LogP contribution is -2.16. The Morgan fingerprint density at radius 2 is 2.43 bits per heavy atom. The highest BCUT2D eigenvalue weighted by Crippen LogP contribution is 1.65. The summed E-state index contributed by atoms with van der Waals surface area (Å²) in [5.41, 5.74) is 0. The third-order valence-corrected chi connectivity index (χ3v) is 0.754. The van der Waals surface area contributed by atoms with Crippen molar-refractivity contribution in [3.05, 3.63) is 0 Å². The van der Waals surface area contributed by atoms with Crippen molar-refractivity contribution in [2.45, 2.75) is 0 Å². The lowest BCUT2D eigenvalue weighted by molar-refractivity contribution is 0.438. The Morgan fingerprint density at radius 1 is 1.86 bits per heavy atom. The molecule has 5 heteroatoms. The molecule has 0 spiro atoms. The summed E-state index contributed by atoms with van der Waals surface area (Å²) in [6.07, 6.45) is 0. The van der Waals surface area contributed by atoms with E-state index in [1.807, 2.05) is 5.32 Å². The van der Waals surface area contributed by atoms with Gasteiger partial charge in [-0.25, -0.2) is 4.39 Å². The molecule has 0 saturated heterocycles. The lowest BCUT2D eigenvalue weighted by Gasteiger charge is -2.01. The molecule has 3 nitrogen and oxygen atoms in total. The zero-order valence-corrected chi connectivity index (χ0v) is 4.33. The molecule has 44 valence electrons. The largest absolute Gasteiger partial charge is 0.771 e. The zero-order valence-electron chi connectivity index (χ0n) is 3.52.